The molecule has 0 saturated carbocycles. The molecule has 5 nitrogen and oxygen atoms in total. The van der Waals surface area contributed by atoms with Crippen LogP contribution in [0.3, 0.4) is 0 Å². The summed E-state index contributed by atoms with van der Waals surface area (Å²) in [6.45, 7) is 4.49. The lowest BCUT2D eigenvalue weighted by molar-refractivity contribution is 0.0525. The molecule has 1 atom stereocenters. The van der Waals surface area contributed by atoms with Gasteiger partial charge in [-0.1, -0.05) is 6.07 Å². The maximum atomic E-state index is 9.44. The van der Waals surface area contributed by atoms with Crippen molar-refractivity contribution >= 4 is 11.5 Å². The summed E-state index contributed by atoms with van der Waals surface area (Å²) < 4.78 is 7.57. The molecule has 1 aliphatic heterocycles. The van der Waals surface area contributed by atoms with Crippen molar-refractivity contribution in [2.45, 2.75) is 25.9 Å². The Morgan fingerprint density at radius 1 is 1.50 bits per heavy atom. The Labute approximate surface area is 118 Å². The number of anilines is 1. The fourth-order valence-corrected chi connectivity index (χ4v) is 2.81. The smallest absolute Gasteiger partial charge is 0.169 e. The number of ether oxygens (including phenoxy) is 1. The molecule has 0 radical (unpaired) electrons. The number of aromatic nitrogens is 2. The number of hydrogen-bond acceptors (Lipinski definition) is 4. The van der Waals surface area contributed by atoms with Crippen molar-refractivity contribution in [1.29, 1.82) is 5.26 Å². The van der Waals surface area contributed by atoms with Gasteiger partial charge in [0.2, 0.25) is 0 Å². The number of hydrogen-bond donors (Lipinski definition) is 0. The van der Waals surface area contributed by atoms with E-state index in [0.29, 0.717) is 5.69 Å². The monoisotopic (exact) mass is 270 g/mol. The maximum absolute atomic E-state index is 9.44. The highest BCUT2D eigenvalue weighted by Gasteiger charge is 2.25. The van der Waals surface area contributed by atoms with Gasteiger partial charge < -0.3 is 9.64 Å². The fraction of sp³-hybridized carbons (Fsp3) is 0.467. The highest BCUT2D eigenvalue weighted by atomic mass is 16.5. The van der Waals surface area contributed by atoms with E-state index in [-0.39, 0.29) is 6.10 Å². The number of pyridine rings is 1. The molecule has 0 amide bonds. The van der Waals surface area contributed by atoms with Crippen LogP contribution in [-0.2, 0) is 4.74 Å². The van der Waals surface area contributed by atoms with Crippen LogP contribution in [0.1, 0.15) is 25.5 Å². The van der Waals surface area contributed by atoms with E-state index in [1.165, 1.54) is 0 Å². The summed E-state index contributed by atoms with van der Waals surface area (Å²) >= 11 is 0. The molecule has 1 saturated heterocycles. The zero-order valence-electron chi connectivity index (χ0n) is 11.6. The Hall–Kier alpha value is -2.06. The zero-order valence-corrected chi connectivity index (χ0v) is 11.6. The topological polar surface area (TPSA) is 53.6 Å². The predicted octanol–water partition coefficient (Wildman–Crippen LogP) is 2.21. The molecule has 0 bridgehead atoms. The average Bonchev–Trinajstić information content (AvgIpc) is 2.86. The Morgan fingerprint density at radius 3 is 3.20 bits per heavy atom. The summed E-state index contributed by atoms with van der Waals surface area (Å²) in [6, 6.07) is 8.06. The van der Waals surface area contributed by atoms with Crippen LogP contribution in [0.5, 0.6) is 0 Å². The highest BCUT2D eigenvalue weighted by molar-refractivity contribution is 5.60. The molecular weight excluding hydrogens is 252 g/mol. The van der Waals surface area contributed by atoms with E-state index >= 15 is 0 Å². The molecule has 3 heterocycles. The minimum absolute atomic E-state index is 0.241. The Bertz CT molecular complexity index is 641. The van der Waals surface area contributed by atoms with Gasteiger partial charge in [0, 0.05) is 25.9 Å². The van der Waals surface area contributed by atoms with E-state index in [9.17, 15) is 5.26 Å². The van der Waals surface area contributed by atoms with Crippen molar-refractivity contribution in [3.05, 3.63) is 30.1 Å². The first-order valence-electron chi connectivity index (χ1n) is 7.07. The average molecular weight is 270 g/mol. The third-order valence-corrected chi connectivity index (χ3v) is 3.70. The lowest BCUT2D eigenvalue weighted by atomic mass is 10.1. The maximum Gasteiger partial charge on any atom is 0.169 e. The van der Waals surface area contributed by atoms with Crippen LogP contribution in [-0.4, -0.2) is 35.2 Å². The molecule has 1 aliphatic rings. The van der Waals surface area contributed by atoms with Crippen molar-refractivity contribution in [2.24, 2.45) is 0 Å². The molecule has 20 heavy (non-hydrogen) atoms. The number of fused-ring (bicyclic) bond motifs is 1. The third kappa shape index (κ3) is 2.23. The van der Waals surface area contributed by atoms with Gasteiger partial charge in [-0.2, -0.15) is 5.26 Å². The van der Waals surface area contributed by atoms with Gasteiger partial charge in [0.15, 0.2) is 11.5 Å². The van der Waals surface area contributed by atoms with Crippen molar-refractivity contribution in [1.82, 2.24) is 9.38 Å². The molecule has 0 aliphatic carbocycles. The molecule has 3 rings (SSSR count). The molecule has 0 unspecified atom stereocenters. The van der Waals surface area contributed by atoms with Crippen molar-refractivity contribution in [3.63, 3.8) is 0 Å². The van der Waals surface area contributed by atoms with Crippen LogP contribution < -0.4 is 4.90 Å². The Balaban J connectivity index is 1.95. The quantitative estimate of drug-likeness (QED) is 0.858. The van der Waals surface area contributed by atoms with E-state index < -0.39 is 0 Å². The number of piperidine rings is 1. The summed E-state index contributed by atoms with van der Waals surface area (Å²) in [5, 5.41) is 9.44. The van der Waals surface area contributed by atoms with E-state index in [4.69, 9.17) is 4.74 Å². The number of nitriles is 1. The molecule has 0 aromatic carbocycles. The van der Waals surface area contributed by atoms with E-state index in [2.05, 4.69) is 16.0 Å². The minimum atomic E-state index is 0.241. The molecule has 1 fully saturated rings. The SMILES string of the molecule is CCO[C@H]1CCCN(c2nc3ccccn3c2C#N)C1. The molecular formula is C15H18N4O. The second kappa shape index (κ2) is 5.51. The standard InChI is InChI=1S/C15H18N4O/c1-2-20-12-6-5-8-18(11-12)15-13(10-16)19-9-4-3-7-14(19)17-15/h3-4,7,9,12H,2,5-6,8,11H2,1H3/t12-/m0/s1. The predicted molar refractivity (Wildman–Crippen MR) is 76.8 cm³/mol. The molecule has 5 heteroatoms. The summed E-state index contributed by atoms with van der Waals surface area (Å²) in [4.78, 5) is 6.79. The van der Waals surface area contributed by atoms with Gasteiger partial charge in [-0.3, -0.25) is 4.40 Å². The Morgan fingerprint density at radius 2 is 2.40 bits per heavy atom. The number of nitrogens with zero attached hydrogens (tertiary/aromatic N) is 4. The minimum Gasteiger partial charge on any atom is -0.377 e. The second-order valence-corrected chi connectivity index (χ2v) is 4.99. The van der Waals surface area contributed by atoms with Gasteiger partial charge in [0.25, 0.3) is 0 Å². The van der Waals surface area contributed by atoms with Crippen LogP contribution >= 0.6 is 0 Å². The van der Waals surface area contributed by atoms with E-state index in [0.717, 1.165) is 44.0 Å². The van der Waals surface area contributed by atoms with Gasteiger partial charge in [0.1, 0.15) is 11.7 Å². The van der Waals surface area contributed by atoms with Gasteiger partial charge in [-0.15, -0.1) is 0 Å². The normalized spacial score (nSPS) is 19.2. The van der Waals surface area contributed by atoms with Crippen LogP contribution in [0.25, 0.3) is 5.65 Å². The number of rotatable bonds is 3. The molecule has 0 spiro atoms. The zero-order chi connectivity index (χ0) is 13.9. The summed E-state index contributed by atoms with van der Waals surface area (Å²) in [6.07, 6.45) is 4.28. The molecule has 2 aromatic heterocycles. The van der Waals surface area contributed by atoms with Gasteiger partial charge >= 0.3 is 0 Å². The van der Waals surface area contributed by atoms with Gasteiger partial charge in [-0.05, 0) is 31.9 Å². The van der Waals surface area contributed by atoms with E-state index in [1.807, 2.05) is 35.7 Å². The lowest BCUT2D eigenvalue weighted by Gasteiger charge is -2.32. The van der Waals surface area contributed by atoms with Gasteiger partial charge in [0.05, 0.1) is 6.10 Å². The highest BCUT2D eigenvalue weighted by Crippen LogP contribution is 2.25. The van der Waals surface area contributed by atoms with Crippen LogP contribution in [0, 0.1) is 11.3 Å². The van der Waals surface area contributed by atoms with Gasteiger partial charge in [-0.25, -0.2) is 4.98 Å². The molecule has 0 N–H and O–H groups in total. The van der Waals surface area contributed by atoms with Crippen molar-refractivity contribution in [3.8, 4) is 6.07 Å². The second-order valence-electron chi connectivity index (χ2n) is 4.99. The number of imidazole rings is 1. The lowest BCUT2D eigenvalue weighted by Crippen LogP contribution is -2.40. The summed E-state index contributed by atoms with van der Waals surface area (Å²) in [5.74, 6) is 0.781. The largest absolute Gasteiger partial charge is 0.377 e. The van der Waals surface area contributed by atoms with Crippen LogP contribution in [0.2, 0.25) is 0 Å². The summed E-state index contributed by atoms with van der Waals surface area (Å²) in [7, 11) is 0. The van der Waals surface area contributed by atoms with Crippen molar-refractivity contribution in [2.75, 3.05) is 24.6 Å². The first-order chi connectivity index (χ1) is 9.83. The molecule has 104 valence electrons. The molecule has 2 aromatic rings. The third-order valence-electron chi connectivity index (χ3n) is 3.70. The van der Waals surface area contributed by atoms with Crippen molar-refractivity contribution < 1.29 is 4.74 Å². The van der Waals surface area contributed by atoms with E-state index in [1.54, 1.807) is 0 Å². The van der Waals surface area contributed by atoms with Crippen LogP contribution in [0.15, 0.2) is 24.4 Å². The first-order valence-corrected chi connectivity index (χ1v) is 7.07. The first kappa shape index (κ1) is 12.9. The summed E-state index contributed by atoms with van der Waals surface area (Å²) in [5.41, 5.74) is 1.43. The fourth-order valence-electron chi connectivity index (χ4n) is 2.81. The Kier molecular flexibility index (Phi) is 3.57. The van der Waals surface area contributed by atoms with Crippen LogP contribution in [0.4, 0.5) is 5.82 Å².